The van der Waals surface area contributed by atoms with Gasteiger partial charge in [-0.05, 0) is 45.2 Å². The zero-order chi connectivity index (χ0) is 22.5. The predicted molar refractivity (Wildman–Crippen MR) is 120 cm³/mol. The fraction of sp³-hybridized carbons (Fsp3) is 0.565. The summed E-state index contributed by atoms with van der Waals surface area (Å²) in [6, 6.07) is 6.85. The number of rotatable bonds is 7. The molecule has 1 aliphatic heterocycles. The molecular weight excluding hydrogens is 396 g/mol. The Bertz CT molecular complexity index is 1070. The van der Waals surface area contributed by atoms with E-state index in [1.54, 1.807) is 36.1 Å². The van der Waals surface area contributed by atoms with Gasteiger partial charge in [0.1, 0.15) is 6.54 Å². The average molecular weight is 429 g/mol. The quantitative estimate of drug-likeness (QED) is 0.680. The van der Waals surface area contributed by atoms with Crippen molar-refractivity contribution in [3.05, 3.63) is 45.1 Å². The second-order valence-electron chi connectivity index (χ2n) is 8.25. The lowest BCUT2D eigenvalue weighted by Crippen LogP contribution is -2.51. The van der Waals surface area contributed by atoms with Crippen LogP contribution in [0.2, 0.25) is 0 Å². The van der Waals surface area contributed by atoms with Gasteiger partial charge in [0.05, 0.1) is 16.8 Å². The minimum atomic E-state index is -0.488. The van der Waals surface area contributed by atoms with E-state index in [4.69, 9.17) is 0 Å². The number of benzene rings is 1. The molecule has 1 aromatic carbocycles. The number of carbonyl (C=O) groups excluding carboxylic acids is 2. The van der Waals surface area contributed by atoms with E-state index in [2.05, 4.69) is 12.2 Å². The molecule has 2 unspecified atom stereocenters. The second kappa shape index (κ2) is 9.94. The van der Waals surface area contributed by atoms with E-state index < -0.39 is 5.69 Å². The molecule has 1 aliphatic rings. The Morgan fingerprint density at radius 2 is 1.84 bits per heavy atom. The molecule has 2 heterocycles. The van der Waals surface area contributed by atoms with E-state index in [9.17, 15) is 19.2 Å². The van der Waals surface area contributed by atoms with Gasteiger partial charge in [-0.15, -0.1) is 0 Å². The number of hydrogen-bond donors (Lipinski definition) is 1. The number of aromatic nitrogens is 2. The largest absolute Gasteiger partial charge is 0.356 e. The van der Waals surface area contributed by atoms with E-state index in [0.717, 1.165) is 30.3 Å². The van der Waals surface area contributed by atoms with Crippen LogP contribution in [-0.2, 0) is 22.7 Å². The molecule has 2 amide bonds. The first-order chi connectivity index (χ1) is 14.9. The van der Waals surface area contributed by atoms with Crippen molar-refractivity contribution in [3.8, 4) is 0 Å². The third-order valence-corrected chi connectivity index (χ3v) is 6.14. The number of carbonyl (C=O) groups is 2. The molecule has 0 aliphatic carbocycles. The van der Waals surface area contributed by atoms with Gasteiger partial charge in [0.2, 0.25) is 11.8 Å². The summed E-state index contributed by atoms with van der Waals surface area (Å²) in [6.07, 6.45) is 3.42. The number of nitrogens with zero attached hydrogens (tertiary/aromatic N) is 3. The molecule has 1 saturated heterocycles. The molecule has 31 heavy (non-hydrogen) atoms. The Labute approximate surface area is 181 Å². The molecular formula is C23H32N4O4. The third kappa shape index (κ3) is 4.73. The van der Waals surface area contributed by atoms with Crippen molar-refractivity contribution in [1.29, 1.82) is 0 Å². The van der Waals surface area contributed by atoms with Gasteiger partial charge in [-0.25, -0.2) is 4.79 Å². The third-order valence-electron chi connectivity index (χ3n) is 6.14. The number of nitrogens with one attached hydrogen (secondary N) is 1. The van der Waals surface area contributed by atoms with Crippen LogP contribution in [0.3, 0.4) is 0 Å². The summed E-state index contributed by atoms with van der Waals surface area (Å²) < 4.78 is 2.53. The van der Waals surface area contributed by atoms with Crippen LogP contribution in [0.15, 0.2) is 33.9 Å². The number of hydrogen-bond acceptors (Lipinski definition) is 4. The number of para-hydroxylation sites is 1. The van der Waals surface area contributed by atoms with Crippen LogP contribution in [-0.4, -0.2) is 45.0 Å². The van der Waals surface area contributed by atoms with Crippen LogP contribution in [0, 0.1) is 5.92 Å². The Hall–Kier alpha value is -2.90. The van der Waals surface area contributed by atoms with Crippen LogP contribution in [0.4, 0.5) is 0 Å². The van der Waals surface area contributed by atoms with E-state index in [1.807, 2.05) is 6.92 Å². The standard InChI is InChI=1S/C23H32N4O4/c1-4-6-13-24-21(29)17-12-11-16(3)26(14-17)20(28)15-27-19-10-8-7-9-18(19)22(30)25(5-2)23(27)31/h7-10,16-17H,4-6,11-15H2,1-3H3,(H,24,29). The smallest absolute Gasteiger partial charge is 0.331 e. The second-order valence-corrected chi connectivity index (χ2v) is 8.25. The number of fused-ring (bicyclic) bond motifs is 1. The lowest BCUT2D eigenvalue weighted by Gasteiger charge is -2.37. The highest BCUT2D eigenvalue weighted by Gasteiger charge is 2.33. The summed E-state index contributed by atoms with van der Waals surface area (Å²) >= 11 is 0. The lowest BCUT2D eigenvalue weighted by atomic mass is 9.92. The lowest BCUT2D eigenvalue weighted by molar-refractivity contribution is -0.138. The molecule has 0 bridgehead atoms. The number of unbranched alkanes of at least 4 members (excludes halogenated alkanes) is 1. The van der Waals surface area contributed by atoms with Crippen LogP contribution in [0.25, 0.3) is 10.9 Å². The molecule has 0 spiro atoms. The first kappa shape index (κ1) is 22.8. The highest BCUT2D eigenvalue weighted by atomic mass is 16.2. The van der Waals surface area contributed by atoms with Gasteiger partial charge in [0, 0.05) is 25.7 Å². The van der Waals surface area contributed by atoms with Gasteiger partial charge in [-0.2, -0.15) is 0 Å². The van der Waals surface area contributed by atoms with Crippen LogP contribution >= 0.6 is 0 Å². The number of likely N-dealkylation sites (tertiary alicyclic amines) is 1. The van der Waals surface area contributed by atoms with Crippen molar-refractivity contribution >= 4 is 22.7 Å². The zero-order valence-corrected chi connectivity index (χ0v) is 18.6. The first-order valence-corrected chi connectivity index (χ1v) is 11.2. The monoisotopic (exact) mass is 428 g/mol. The molecule has 1 fully saturated rings. The van der Waals surface area contributed by atoms with Crippen LogP contribution in [0.5, 0.6) is 0 Å². The molecule has 0 saturated carbocycles. The van der Waals surface area contributed by atoms with E-state index in [0.29, 0.717) is 24.0 Å². The summed E-state index contributed by atoms with van der Waals surface area (Å²) in [5, 5.41) is 3.38. The molecule has 168 valence electrons. The van der Waals surface area contributed by atoms with Crippen molar-refractivity contribution in [3.63, 3.8) is 0 Å². The highest BCUT2D eigenvalue weighted by molar-refractivity contribution is 5.83. The summed E-state index contributed by atoms with van der Waals surface area (Å²) in [7, 11) is 0. The number of amides is 2. The summed E-state index contributed by atoms with van der Waals surface area (Å²) in [6.45, 7) is 6.84. The number of piperidine rings is 1. The van der Waals surface area contributed by atoms with Crippen molar-refractivity contribution in [1.82, 2.24) is 19.4 Å². The Morgan fingerprint density at radius 1 is 1.10 bits per heavy atom. The molecule has 1 N–H and O–H groups in total. The Balaban J connectivity index is 1.85. The molecule has 1 aromatic heterocycles. The molecule has 2 aromatic rings. The minimum absolute atomic E-state index is 0.00811. The van der Waals surface area contributed by atoms with Gasteiger partial charge in [-0.3, -0.25) is 23.5 Å². The van der Waals surface area contributed by atoms with Gasteiger partial charge >= 0.3 is 5.69 Å². The highest BCUT2D eigenvalue weighted by Crippen LogP contribution is 2.23. The summed E-state index contributed by atoms with van der Waals surface area (Å²) in [5.41, 5.74) is -0.380. The molecule has 8 nitrogen and oxygen atoms in total. The van der Waals surface area contributed by atoms with E-state index in [1.165, 1.54) is 4.57 Å². The van der Waals surface area contributed by atoms with Crippen molar-refractivity contribution in [2.75, 3.05) is 13.1 Å². The molecule has 0 radical (unpaired) electrons. The van der Waals surface area contributed by atoms with Crippen molar-refractivity contribution in [2.45, 2.75) is 65.6 Å². The van der Waals surface area contributed by atoms with Gasteiger partial charge in [0.15, 0.2) is 0 Å². The van der Waals surface area contributed by atoms with Crippen LogP contribution < -0.4 is 16.6 Å². The Morgan fingerprint density at radius 3 is 2.55 bits per heavy atom. The fourth-order valence-electron chi connectivity index (χ4n) is 4.23. The summed E-state index contributed by atoms with van der Waals surface area (Å²) in [5.74, 6) is -0.470. The zero-order valence-electron chi connectivity index (χ0n) is 18.6. The molecule has 2 atom stereocenters. The SMILES string of the molecule is CCCCNC(=O)C1CCC(C)N(C(=O)Cn2c(=O)n(CC)c(=O)c3ccccc32)C1. The molecule has 8 heteroatoms. The fourth-order valence-corrected chi connectivity index (χ4v) is 4.23. The van der Waals surface area contributed by atoms with Crippen LogP contribution in [0.1, 0.15) is 46.5 Å². The molecule has 3 rings (SSSR count). The van der Waals surface area contributed by atoms with Gasteiger partial charge in [-0.1, -0.05) is 25.5 Å². The normalized spacial score (nSPS) is 18.9. The predicted octanol–water partition coefficient (Wildman–Crippen LogP) is 1.73. The van der Waals surface area contributed by atoms with Gasteiger partial charge < -0.3 is 10.2 Å². The maximum Gasteiger partial charge on any atom is 0.331 e. The van der Waals surface area contributed by atoms with Crippen molar-refractivity contribution in [2.24, 2.45) is 5.92 Å². The topological polar surface area (TPSA) is 93.4 Å². The minimum Gasteiger partial charge on any atom is -0.356 e. The van der Waals surface area contributed by atoms with E-state index >= 15 is 0 Å². The van der Waals surface area contributed by atoms with Crippen molar-refractivity contribution < 1.29 is 9.59 Å². The van der Waals surface area contributed by atoms with E-state index in [-0.39, 0.29) is 42.4 Å². The average Bonchev–Trinajstić information content (AvgIpc) is 2.77. The summed E-state index contributed by atoms with van der Waals surface area (Å²) in [4.78, 5) is 53.0. The Kier molecular flexibility index (Phi) is 7.30. The maximum absolute atomic E-state index is 13.2. The maximum atomic E-state index is 13.2. The first-order valence-electron chi connectivity index (χ1n) is 11.2. The van der Waals surface area contributed by atoms with Gasteiger partial charge in [0.25, 0.3) is 5.56 Å².